The molecule has 0 radical (unpaired) electrons. The second-order valence-corrected chi connectivity index (χ2v) is 7.17. The Morgan fingerprint density at radius 2 is 1.53 bits per heavy atom. The van der Waals surface area contributed by atoms with Gasteiger partial charge in [0.25, 0.3) is 0 Å². The number of carbonyl (C=O) groups excluding carboxylic acids is 2. The predicted molar refractivity (Wildman–Crippen MR) is 127 cm³/mol. The predicted octanol–water partition coefficient (Wildman–Crippen LogP) is 3.42. The summed E-state index contributed by atoms with van der Waals surface area (Å²) in [6, 6.07) is 8.04. The van der Waals surface area contributed by atoms with Crippen molar-refractivity contribution in [2.75, 3.05) is 39.1 Å². The molecule has 0 aliphatic carbocycles. The largest absolute Gasteiger partial charge is 0.496 e. The molecule has 0 bridgehead atoms. The van der Waals surface area contributed by atoms with Crippen molar-refractivity contribution in [2.45, 2.75) is 13.3 Å². The van der Waals surface area contributed by atoms with E-state index in [4.69, 9.17) is 24.1 Å². The molecule has 2 rings (SSSR count). The number of anilines is 2. The van der Waals surface area contributed by atoms with Crippen molar-refractivity contribution in [2.24, 2.45) is 5.92 Å². The minimum Gasteiger partial charge on any atom is -0.496 e. The van der Waals surface area contributed by atoms with Crippen LogP contribution in [0.5, 0.6) is 23.0 Å². The van der Waals surface area contributed by atoms with Crippen molar-refractivity contribution in [3.8, 4) is 23.0 Å². The molecule has 2 amide bonds. The van der Waals surface area contributed by atoms with Gasteiger partial charge in [-0.1, -0.05) is 6.92 Å². The molecule has 0 heterocycles. The highest BCUT2D eigenvalue weighted by Gasteiger charge is 2.17. The maximum Gasteiger partial charge on any atom is 0.306 e. The third kappa shape index (κ3) is 6.89. The van der Waals surface area contributed by atoms with Crippen molar-refractivity contribution < 1.29 is 38.4 Å². The zero-order valence-corrected chi connectivity index (χ0v) is 19.6. The lowest BCUT2D eigenvalue weighted by atomic mass is 10.1. The second kappa shape index (κ2) is 12.1. The Morgan fingerprint density at radius 3 is 2.06 bits per heavy atom. The lowest BCUT2D eigenvalue weighted by molar-refractivity contribution is -0.142. The van der Waals surface area contributed by atoms with Gasteiger partial charge in [0.05, 0.1) is 45.6 Å². The van der Waals surface area contributed by atoms with Crippen LogP contribution in [-0.2, 0) is 14.4 Å². The number of benzene rings is 2. The highest BCUT2D eigenvalue weighted by molar-refractivity contribution is 6.03. The molecule has 1 atom stereocenters. The normalized spacial score (nSPS) is 11.4. The zero-order chi connectivity index (χ0) is 25.3. The highest BCUT2D eigenvalue weighted by atomic mass is 16.5. The Balaban J connectivity index is 2.19. The van der Waals surface area contributed by atoms with E-state index in [9.17, 15) is 14.4 Å². The zero-order valence-electron chi connectivity index (χ0n) is 19.6. The maximum atomic E-state index is 12.5. The summed E-state index contributed by atoms with van der Waals surface area (Å²) in [7, 11) is 5.95. The molecule has 0 saturated heterocycles. The number of carboxylic acid groups (broad SMARTS) is 1. The van der Waals surface area contributed by atoms with Crippen LogP contribution in [0.15, 0.2) is 36.4 Å². The second-order valence-electron chi connectivity index (χ2n) is 7.17. The monoisotopic (exact) mass is 472 g/mol. The van der Waals surface area contributed by atoms with Gasteiger partial charge in [-0.3, -0.25) is 14.4 Å². The Kier molecular flexibility index (Phi) is 9.30. The van der Waals surface area contributed by atoms with E-state index in [1.807, 2.05) is 0 Å². The van der Waals surface area contributed by atoms with Gasteiger partial charge in [0.1, 0.15) is 23.0 Å². The molecular formula is C24H28N2O8. The first kappa shape index (κ1) is 26.0. The number of methoxy groups -OCH3 is 4. The summed E-state index contributed by atoms with van der Waals surface area (Å²) in [4.78, 5) is 35.7. The van der Waals surface area contributed by atoms with Gasteiger partial charge >= 0.3 is 5.97 Å². The standard InChI is InChI=1S/C24H28N2O8/c1-14(24(29)30)10-23(28)26-18-11-15(6-8-19(18)32-3)25-22(27)9-7-17-20(33-4)12-16(31-2)13-21(17)34-5/h6-9,11-14H,10H2,1-5H3,(H,25,27)(H,26,28)(H,29,30). The van der Waals surface area contributed by atoms with Gasteiger partial charge < -0.3 is 34.7 Å². The van der Waals surface area contributed by atoms with Crippen LogP contribution in [0.1, 0.15) is 18.9 Å². The number of amides is 2. The summed E-state index contributed by atoms with van der Waals surface area (Å²) < 4.78 is 21.2. The molecule has 2 aromatic rings. The van der Waals surface area contributed by atoms with E-state index in [-0.39, 0.29) is 6.42 Å². The Labute approximate surface area is 197 Å². The SMILES string of the molecule is COc1cc(OC)c(C=CC(=O)Nc2ccc(OC)c(NC(=O)CC(C)C(=O)O)c2)c(OC)c1. The van der Waals surface area contributed by atoms with E-state index in [1.54, 1.807) is 30.3 Å². The topological polar surface area (TPSA) is 132 Å². The fourth-order valence-corrected chi connectivity index (χ4v) is 2.99. The molecule has 1 unspecified atom stereocenters. The average molecular weight is 472 g/mol. The summed E-state index contributed by atoms with van der Waals surface area (Å²) >= 11 is 0. The molecule has 0 aliphatic heterocycles. The number of nitrogens with one attached hydrogen (secondary N) is 2. The number of aliphatic carboxylic acids is 1. The van der Waals surface area contributed by atoms with Crippen LogP contribution in [0.3, 0.4) is 0 Å². The molecule has 10 heteroatoms. The fourth-order valence-electron chi connectivity index (χ4n) is 2.99. The van der Waals surface area contributed by atoms with Crippen molar-refractivity contribution >= 4 is 35.2 Å². The molecule has 3 N–H and O–H groups in total. The van der Waals surface area contributed by atoms with Gasteiger partial charge in [-0.25, -0.2) is 0 Å². The van der Waals surface area contributed by atoms with Crippen LogP contribution in [0.25, 0.3) is 6.08 Å². The molecule has 10 nitrogen and oxygen atoms in total. The third-order valence-electron chi connectivity index (χ3n) is 4.81. The van der Waals surface area contributed by atoms with Crippen molar-refractivity contribution in [1.82, 2.24) is 0 Å². The first-order chi connectivity index (χ1) is 16.2. The highest BCUT2D eigenvalue weighted by Crippen LogP contribution is 2.35. The van der Waals surface area contributed by atoms with Crippen LogP contribution < -0.4 is 29.6 Å². The average Bonchev–Trinajstić information content (AvgIpc) is 2.82. The molecular weight excluding hydrogens is 444 g/mol. The number of carboxylic acids is 1. The Morgan fingerprint density at radius 1 is 0.912 bits per heavy atom. The van der Waals surface area contributed by atoms with E-state index >= 15 is 0 Å². The first-order valence-corrected chi connectivity index (χ1v) is 10.2. The number of hydrogen-bond donors (Lipinski definition) is 3. The van der Waals surface area contributed by atoms with Gasteiger partial charge in [-0.2, -0.15) is 0 Å². The first-order valence-electron chi connectivity index (χ1n) is 10.2. The van der Waals surface area contributed by atoms with Gasteiger partial charge in [0.15, 0.2) is 0 Å². The minimum atomic E-state index is -1.07. The molecule has 0 fully saturated rings. The van der Waals surface area contributed by atoms with E-state index in [0.29, 0.717) is 39.9 Å². The van der Waals surface area contributed by atoms with Gasteiger partial charge in [0, 0.05) is 30.3 Å². The molecule has 0 saturated carbocycles. The van der Waals surface area contributed by atoms with Crippen LogP contribution in [-0.4, -0.2) is 51.3 Å². The van der Waals surface area contributed by atoms with Gasteiger partial charge in [0.2, 0.25) is 11.8 Å². The number of ether oxygens (including phenoxy) is 4. The van der Waals surface area contributed by atoms with Crippen LogP contribution in [0.2, 0.25) is 0 Å². The van der Waals surface area contributed by atoms with Crippen molar-refractivity contribution in [3.63, 3.8) is 0 Å². The van der Waals surface area contributed by atoms with Gasteiger partial charge in [-0.05, 0) is 24.3 Å². The lowest BCUT2D eigenvalue weighted by Crippen LogP contribution is -2.20. The Bertz CT molecular complexity index is 1060. The quantitative estimate of drug-likeness (QED) is 0.424. The van der Waals surface area contributed by atoms with Crippen LogP contribution in [0.4, 0.5) is 11.4 Å². The van der Waals surface area contributed by atoms with Crippen molar-refractivity contribution in [3.05, 3.63) is 42.0 Å². The molecule has 0 spiro atoms. The van der Waals surface area contributed by atoms with E-state index in [1.165, 1.54) is 47.5 Å². The number of hydrogen-bond acceptors (Lipinski definition) is 7. The summed E-state index contributed by atoms with van der Waals surface area (Å²) in [6.07, 6.45) is 2.65. The van der Waals surface area contributed by atoms with E-state index < -0.39 is 23.7 Å². The fraction of sp³-hybridized carbons (Fsp3) is 0.292. The maximum absolute atomic E-state index is 12.5. The van der Waals surface area contributed by atoms with E-state index in [0.717, 1.165) is 0 Å². The summed E-state index contributed by atoms with van der Waals surface area (Å²) in [5.74, 6) is -1.02. The smallest absolute Gasteiger partial charge is 0.306 e. The number of rotatable bonds is 11. The lowest BCUT2D eigenvalue weighted by Gasteiger charge is -2.13. The van der Waals surface area contributed by atoms with Gasteiger partial charge in [-0.15, -0.1) is 0 Å². The summed E-state index contributed by atoms with van der Waals surface area (Å²) in [5, 5.41) is 14.3. The van der Waals surface area contributed by atoms with Crippen molar-refractivity contribution in [1.29, 1.82) is 0 Å². The molecule has 2 aromatic carbocycles. The van der Waals surface area contributed by atoms with Crippen LogP contribution >= 0.6 is 0 Å². The number of carbonyl (C=O) groups is 3. The Hall–Kier alpha value is -4.21. The third-order valence-corrected chi connectivity index (χ3v) is 4.81. The summed E-state index contributed by atoms with van der Waals surface area (Å²) in [5.41, 5.74) is 1.24. The minimum absolute atomic E-state index is 0.205. The van der Waals surface area contributed by atoms with E-state index in [2.05, 4.69) is 10.6 Å². The summed E-state index contributed by atoms with van der Waals surface area (Å²) in [6.45, 7) is 1.44. The molecule has 182 valence electrons. The molecule has 0 aromatic heterocycles. The molecule has 34 heavy (non-hydrogen) atoms. The molecule has 0 aliphatic rings. The van der Waals surface area contributed by atoms with Crippen LogP contribution in [0, 0.1) is 5.92 Å².